The average molecular weight is 350 g/mol. The van der Waals surface area contributed by atoms with Crippen LogP contribution in [0.25, 0.3) is 0 Å². The van der Waals surface area contributed by atoms with E-state index in [1.165, 1.54) is 25.7 Å². The summed E-state index contributed by atoms with van der Waals surface area (Å²) in [5.41, 5.74) is 0. The summed E-state index contributed by atoms with van der Waals surface area (Å²) in [6, 6.07) is 0. The van der Waals surface area contributed by atoms with Crippen LogP contribution in [-0.4, -0.2) is 24.2 Å². The van der Waals surface area contributed by atoms with E-state index in [2.05, 4.69) is 60.8 Å². The zero-order chi connectivity index (χ0) is 18.4. The number of amides is 1. The predicted octanol–water partition coefficient (Wildman–Crippen LogP) is 5.24. The van der Waals surface area contributed by atoms with Gasteiger partial charge in [-0.1, -0.05) is 68.4 Å². The number of aliphatic hydroxyl groups is 1. The van der Waals surface area contributed by atoms with Gasteiger partial charge >= 0.3 is 0 Å². The van der Waals surface area contributed by atoms with E-state index < -0.39 is 0 Å². The SMILES string of the molecule is CCCCCC=CCC=CCC=CCC=CCCC[14C](=O)NCCO. The smallest absolute Gasteiger partial charge is 0.220 e. The van der Waals surface area contributed by atoms with Crippen LogP contribution in [0.4, 0.5) is 0 Å². The fourth-order valence-corrected chi connectivity index (χ4v) is 2.23. The molecule has 0 saturated heterocycles. The molecule has 0 aromatic rings. The molecule has 0 rings (SSSR count). The number of unbranched alkanes of at least 4 members (excludes halogenated alkanes) is 4. The van der Waals surface area contributed by atoms with Gasteiger partial charge in [-0.05, 0) is 44.9 Å². The van der Waals surface area contributed by atoms with E-state index in [1.807, 2.05) is 0 Å². The van der Waals surface area contributed by atoms with Gasteiger partial charge in [-0.15, -0.1) is 0 Å². The molecule has 3 heteroatoms. The van der Waals surface area contributed by atoms with Gasteiger partial charge in [0.2, 0.25) is 5.91 Å². The maximum absolute atomic E-state index is 11.3. The molecule has 0 aromatic heterocycles. The molecule has 0 aliphatic carbocycles. The van der Waals surface area contributed by atoms with Gasteiger partial charge in [0.05, 0.1) is 6.61 Å². The van der Waals surface area contributed by atoms with Crippen molar-refractivity contribution in [1.82, 2.24) is 5.32 Å². The molecule has 0 unspecified atom stereocenters. The quantitative estimate of drug-likeness (QED) is 0.296. The van der Waals surface area contributed by atoms with Crippen LogP contribution in [-0.2, 0) is 4.79 Å². The Morgan fingerprint density at radius 1 is 0.800 bits per heavy atom. The Morgan fingerprint density at radius 3 is 1.84 bits per heavy atom. The molecular formula is C22H37NO2. The first-order valence-electron chi connectivity index (χ1n) is 9.78. The minimum absolute atomic E-state index is 0.00289. The lowest BCUT2D eigenvalue weighted by molar-refractivity contribution is -0.121. The van der Waals surface area contributed by atoms with Crippen molar-refractivity contribution in [2.75, 3.05) is 13.2 Å². The van der Waals surface area contributed by atoms with Gasteiger partial charge in [0, 0.05) is 13.0 Å². The molecule has 2 N–H and O–H groups in total. The van der Waals surface area contributed by atoms with Gasteiger partial charge in [0.1, 0.15) is 0 Å². The number of carbonyl (C=O) groups excluding carboxylic acids is 1. The van der Waals surface area contributed by atoms with Crippen molar-refractivity contribution in [3.05, 3.63) is 48.6 Å². The molecule has 3 nitrogen and oxygen atoms in total. The summed E-state index contributed by atoms with van der Waals surface area (Å²) < 4.78 is 0. The normalized spacial score (nSPS) is 12.2. The summed E-state index contributed by atoms with van der Waals surface area (Å²) in [5, 5.41) is 11.2. The third-order valence-electron chi connectivity index (χ3n) is 3.67. The van der Waals surface area contributed by atoms with E-state index in [1.54, 1.807) is 0 Å². The van der Waals surface area contributed by atoms with Crippen molar-refractivity contribution in [3.63, 3.8) is 0 Å². The first-order valence-corrected chi connectivity index (χ1v) is 9.78. The molecule has 0 aromatic carbocycles. The van der Waals surface area contributed by atoms with Crippen LogP contribution >= 0.6 is 0 Å². The van der Waals surface area contributed by atoms with Gasteiger partial charge < -0.3 is 10.4 Å². The summed E-state index contributed by atoms with van der Waals surface area (Å²) in [4.78, 5) is 11.3. The summed E-state index contributed by atoms with van der Waals surface area (Å²) in [6.45, 7) is 2.59. The summed E-state index contributed by atoms with van der Waals surface area (Å²) in [6.07, 6.45) is 28.0. The molecule has 142 valence electrons. The van der Waals surface area contributed by atoms with Crippen molar-refractivity contribution in [1.29, 1.82) is 0 Å². The number of allylic oxidation sites excluding steroid dienone is 8. The number of hydrogen-bond donors (Lipinski definition) is 2. The van der Waals surface area contributed by atoms with E-state index in [4.69, 9.17) is 5.11 Å². The van der Waals surface area contributed by atoms with E-state index >= 15 is 0 Å². The van der Waals surface area contributed by atoms with Gasteiger partial charge in [-0.3, -0.25) is 4.79 Å². The van der Waals surface area contributed by atoms with E-state index in [-0.39, 0.29) is 12.5 Å². The standard InChI is InChI=1S/C22H37NO2/c1-2-3-4-5-6-7-8-9-10-11-12-13-14-15-16-17-18-19-22(25)23-20-21-24/h6-7,9-10,12-13,15-16,24H,2-5,8,11,14,17-21H2,1H3,(H,23,25)/i22+2. The lowest BCUT2D eigenvalue weighted by Crippen LogP contribution is -2.25. The molecule has 0 heterocycles. The predicted molar refractivity (Wildman–Crippen MR) is 108 cm³/mol. The van der Waals surface area contributed by atoms with Crippen molar-refractivity contribution in [2.24, 2.45) is 0 Å². The number of carbonyl (C=O) groups is 1. The van der Waals surface area contributed by atoms with Crippen LogP contribution in [0.2, 0.25) is 0 Å². The molecule has 0 bridgehead atoms. The van der Waals surface area contributed by atoms with Crippen LogP contribution in [0.5, 0.6) is 0 Å². The first kappa shape index (κ1) is 23.4. The fourth-order valence-electron chi connectivity index (χ4n) is 2.23. The van der Waals surface area contributed by atoms with Crippen LogP contribution in [0.1, 0.15) is 71.1 Å². The second-order valence-electron chi connectivity index (χ2n) is 6.05. The Bertz CT molecular complexity index is 408. The lowest BCUT2D eigenvalue weighted by Gasteiger charge is -2.00. The molecule has 0 aliphatic rings. The Labute approximate surface area is 154 Å². The molecule has 0 radical (unpaired) electrons. The lowest BCUT2D eigenvalue weighted by atomic mass is 10.2. The molecule has 0 aliphatic heterocycles. The van der Waals surface area contributed by atoms with Gasteiger partial charge in [0.25, 0.3) is 0 Å². The fraction of sp³-hybridized carbons (Fsp3) is 0.591. The highest BCUT2D eigenvalue weighted by atomic mass is 16.3. The topological polar surface area (TPSA) is 49.3 Å². The molecule has 25 heavy (non-hydrogen) atoms. The summed E-state index contributed by atoms with van der Waals surface area (Å²) in [5.74, 6) is 0.0185. The van der Waals surface area contributed by atoms with Crippen LogP contribution < -0.4 is 5.32 Å². The highest BCUT2D eigenvalue weighted by Crippen LogP contribution is 2.01. The zero-order valence-corrected chi connectivity index (χ0v) is 16.0. The molecule has 0 fully saturated rings. The third kappa shape index (κ3) is 20.3. The highest BCUT2D eigenvalue weighted by Gasteiger charge is 1.97. The maximum Gasteiger partial charge on any atom is 0.220 e. The Hall–Kier alpha value is -1.61. The Kier molecular flexibility index (Phi) is 19.1. The number of aliphatic hydroxyl groups excluding tert-OH is 1. The minimum atomic E-state index is 0.00289. The number of hydrogen-bond acceptors (Lipinski definition) is 2. The molecule has 0 saturated carbocycles. The van der Waals surface area contributed by atoms with E-state index in [0.717, 1.165) is 32.1 Å². The second-order valence-corrected chi connectivity index (χ2v) is 6.05. The van der Waals surface area contributed by atoms with Crippen LogP contribution in [0.15, 0.2) is 48.6 Å². The average Bonchev–Trinajstić information content (AvgIpc) is 2.62. The Balaban J connectivity index is 3.44. The molecule has 0 spiro atoms. The number of rotatable bonds is 16. The monoisotopic (exact) mass is 349 g/mol. The molecular weight excluding hydrogens is 312 g/mol. The largest absolute Gasteiger partial charge is 0.395 e. The van der Waals surface area contributed by atoms with Crippen molar-refractivity contribution in [2.45, 2.75) is 71.1 Å². The van der Waals surface area contributed by atoms with E-state index in [9.17, 15) is 4.79 Å². The van der Waals surface area contributed by atoms with Crippen LogP contribution in [0, 0.1) is 0 Å². The first-order chi connectivity index (χ1) is 12.3. The minimum Gasteiger partial charge on any atom is -0.395 e. The second kappa shape index (κ2) is 20.4. The van der Waals surface area contributed by atoms with Gasteiger partial charge in [-0.25, -0.2) is 0 Å². The Morgan fingerprint density at radius 2 is 1.32 bits per heavy atom. The number of nitrogens with one attached hydrogen (secondary N) is 1. The maximum atomic E-state index is 11.3. The molecule has 0 atom stereocenters. The van der Waals surface area contributed by atoms with Crippen molar-refractivity contribution >= 4 is 5.91 Å². The highest BCUT2D eigenvalue weighted by molar-refractivity contribution is 5.75. The van der Waals surface area contributed by atoms with E-state index in [0.29, 0.717) is 13.0 Å². The van der Waals surface area contributed by atoms with Gasteiger partial charge in [0.15, 0.2) is 0 Å². The van der Waals surface area contributed by atoms with Crippen LogP contribution in [0.3, 0.4) is 0 Å². The molecule has 1 amide bonds. The zero-order valence-electron chi connectivity index (χ0n) is 16.0. The van der Waals surface area contributed by atoms with Crippen molar-refractivity contribution in [3.8, 4) is 0 Å². The van der Waals surface area contributed by atoms with Crippen molar-refractivity contribution < 1.29 is 9.90 Å². The summed E-state index contributed by atoms with van der Waals surface area (Å²) >= 11 is 0. The van der Waals surface area contributed by atoms with Gasteiger partial charge in [-0.2, -0.15) is 0 Å². The summed E-state index contributed by atoms with van der Waals surface area (Å²) in [7, 11) is 0. The third-order valence-corrected chi connectivity index (χ3v) is 3.67.